The molecule has 8 N–H and O–H groups in total. The van der Waals surface area contributed by atoms with Crippen LogP contribution in [0.2, 0.25) is 0 Å². The molecule has 6 aromatic rings. The summed E-state index contributed by atoms with van der Waals surface area (Å²) >= 11 is 0. The van der Waals surface area contributed by atoms with Crippen LogP contribution in [-0.4, -0.2) is 82.0 Å². The van der Waals surface area contributed by atoms with Crippen LogP contribution in [0.15, 0.2) is 139 Å². The SMILES string of the molecule is CCCC1C(O)Cc2cc(c[nH]2)C(C)CNCC(O)Cc2ccc3cc(Cc4ccccc4)c(cc3c2)NC2=CC(=CCN2)CC2CC3C#CC(c4ccccc4)c4cc(O)c(OC)cc4CCC(=O)C(O)C(=O)C3CC1C2. The Hall–Kier alpha value is -6.94. The van der Waals surface area contributed by atoms with Gasteiger partial charge in [-0.1, -0.05) is 117 Å². The Balaban J connectivity index is 1.07. The summed E-state index contributed by atoms with van der Waals surface area (Å²) < 4.78 is 5.54. The minimum Gasteiger partial charge on any atom is -0.504 e. The Morgan fingerprint density at radius 1 is 0.795 bits per heavy atom. The van der Waals surface area contributed by atoms with Gasteiger partial charge in [0, 0.05) is 61.9 Å². The standard InChI is InChI=1S/C67H76N4O7/c1-4-11-57-51-28-45(27-48-18-20-56(46-14-9-6-10-15-46)58-37-63(75)64(78-3)35-49(58)19-21-61(73)67(77)66(76)59(48)33-51)24-44-22-23-69-65(30-44)71-60-34-50-26-43(16-17-47(50)31-52(60)25-42-12-7-5-8-13-42)29-55(72)40-68-38-41(2)53-32-54(70-39-53)36-62(57)74/h5-10,12-17,22,26,30-32,34-35,37,39,41,45,48,51,55-57,59,62,67-72,74-75,77H,4,11,19,21,23-25,27-29,33,36,38,40H2,1-3H3. The van der Waals surface area contributed by atoms with Crippen molar-refractivity contribution >= 4 is 28.0 Å². The summed E-state index contributed by atoms with van der Waals surface area (Å²) in [6.07, 6.45) is 8.93. The van der Waals surface area contributed by atoms with E-state index in [2.05, 4.69) is 119 Å². The van der Waals surface area contributed by atoms with Crippen LogP contribution in [0.1, 0.15) is 115 Å². The van der Waals surface area contributed by atoms with E-state index in [-0.39, 0.29) is 48.0 Å². The van der Waals surface area contributed by atoms with E-state index in [9.17, 15) is 25.2 Å². The molecule has 2 aliphatic heterocycles. The van der Waals surface area contributed by atoms with Gasteiger partial charge in [0.15, 0.2) is 29.2 Å². The maximum atomic E-state index is 15.1. The van der Waals surface area contributed by atoms with E-state index >= 15 is 4.79 Å². The minimum atomic E-state index is -1.83. The molecule has 9 bridgehead atoms. The van der Waals surface area contributed by atoms with Crippen molar-refractivity contribution in [1.82, 2.24) is 15.6 Å². The molecule has 1 fully saturated rings. The maximum absolute atomic E-state index is 15.1. The molecule has 0 radical (unpaired) electrons. The number of Topliss-reactive ketones (excluding diaryl/α,β-unsaturated/α-hetero) is 2. The van der Waals surface area contributed by atoms with Gasteiger partial charge in [0.05, 0.1) is 25.2 Å². The normalized spacial score (nSPS) is 26.3. The molecule has 4 aliphatic rings. The number of allylic oxidation sites excluding steroid dienone is 2. The number of rotatable bonds is 6. The molecule has 10 rings (SSSR count). The van der Waals surface area contributed by atoms with Crippen LogP contribution in [0.4, 0.5) is 5.69 Å². The molecular weight excluding hydrogens is 973 g/mol. The van der Waals surface area contributed by atoms with Crippen LogP contribution in [0, 0.1) is 41.4 Å². The predicted molar refractivity (Wildman–Crippen MR) is 308 cm³/mol. The monoisotopic (exact) mass is 1050 g/mol. The molecule has 0 amide bonds. The number of hydrogen-bond donors (Lipinski definition) is 8. The number of phenols is 1. The number of dihydropyridines is 1. The van der Waals surface area contributed by atoms with Gasteiger partial charge in [-0.25, -0.2) is 0 Å². The molecule has 1 aromatic heterocycles. The van der Waals surface area contributed by atoms with Gasteiger partial charge in [0.1, 0.15) is 5.82 Å². The highest BCUT2D eigenvalue weighted by atomic mass is 16.5. The number of ether oxygens (including phenoxy) is 1. The number of phenolic OH excluding ortho intramolecular Hbond substituents is 1. The van der Waals surface area contributed by atoms with Crippen molar-refractivity contribution in [1.29, 1.82) is 0 Å². The van der Waals surface area contributed by atoms with Crippen LogP contribution in [0.3, 0.4) is 0 Å². The largest absolute Gasteiger partial charge is 0.504 e. The van der Waals surface area contributed by atoms with E-state index < -0.39 is 47.6 Å². The molecule has 10 atom stereocenters. The molecule has 2 aliphatic carbocycles. The fourth-order valence-corrected chi connectivity index (χ4v) is 13.0. The number of nitrogens with one attached hydrogen (secondary N) is 4. The lowest BCUT2D eigenvalue weighted by Gasteiger charge is -2.33. The van der Waals surface area contributed by atoms with Gasteiger partial charge in [-0.15, -0.1) is 0 Å². The molecule has 3 heterocycles. The fraction of sp³-hybridized carbons (Fsp3) is 0.403. The van der Waals surface area contributed by atoms with Crippen molar-refractivity contribution in [3.8, 4) is 23.3 Å². The third kappa shape index (κ3) is 12.8. The zero-order valence-electron chi connectivity index (χ0n) is 45.3. The van der Waals surface area contributed by atoms with Crippen molar-refractivity contribution in [3.63, 3.8) is 0 Å². The smallest absolute Gasteiger partial charge is 0.173 e. The van der Waals surface area contributed by atoms with Gasteiger partial charge in [0.2, 0.25) is 0 Å². The molecule has 5 aromatic carbocycles. The summed E-state index contributed by atoms with van der Waals surface area (Å²) in [7, 11) is 1.49. The van der Waals surface area contributed by atoms with E-state index in [1.54, 1.807) is 12.1 Å². The molecule has 11 heteroatoms. The third-order valence-corrected chi connectivity index (χ3v) is 17.1. The van der Waals surface area contributed by atoms with E-state index in [1.807, 2.05) is 42.6 Å². The first-order chi connectivity index (χ1) is 37.9. The second-order valence-electron chi connectivity index (χ2n) is 22.7. The fourth-order valence-electron chi connectivity index (χ4n) is 13.0. The average Bonchev–Trinajstić information content (AvgIpc) is 3.89. The van der Waals surface area contributed by atoms with Gasteiger partial charge >= 0.3 is 0 Å². The van der Waals surface area contributed by atoms with Crippen molar-refractivity contribution in [2.24, 2.45) is 29.6 Å². The molecule has 1 saturated carbocycles. The number of fused-ring (bicyclic) bond motifs is 9. The van der Waals surface area contributed by atoms with Crippen molar-refractivity contribution in [3.05, 3.63) is 184 Å². The summed E-state index contributed by atoms with van der Waals surface area (Å²) in [5.41, 5.74) is 10.0. The number of benzene rings is 5. The average molecular weight is 1050 g/mol. The number of methoxy groups -OCH3 is 1. The van der Waals surface area contributed by atoms with Crippen molar-refractivity contribution in [2.45, 2.75) is 115 Å². The van der Waals surface area contributed by atoms with E-state index in [1.165, 1.54) is 12.7 Å². The second kappa shape index (κ2) is 24.8. The number of β-amino-alcohol motifs (C(OH)–C–C–N with tert-alkyl or cyclic N) is 1. The Labute approximate surface area is 459 Å². The Morgan fingerprint density at radius 3 is 2.40 bits per heavy atom. The zero-order chi connectivity index (χ0) is 54.3. The Kier molecular flexibility index (Phi) is 17.3. The number of anilines is 1. The van der Waals surface area contributed by atoms with Crippen molar-refractivity contribution < 1.29 is 34.8 Å². The summed E-state index contributed by atoms with van der Waals surface area (Å²) in [4.78, 5) is 32.7. The van der Waals surface area contributed by atoms with Gasteiger partial charge in [-0.05, 0) is 167 Å². The Morgan fingerprint density at radius 2 is 1.60 bits per heavy atom. The quantitative estimate of drug-likeness (QED) is 0.0592. The van der Waals surface area contributed by atoms with Crippen molar-refractivity contribution in [2.75, 3.05) is 32.1 Å². The number of carbonyl (C=O) groups is 2. The number of H-pyrrole nitrogens is 1. The summed E-state index contributed by atoms with van der Waals surface area (Å²) in [6.45, 7) is 6.02. The summed E-state index contributed by atoms with van der Waals surface area (Å²) in [5.74, 6) is 5.41. The predicted octanol–water partition coefficient (Wildman–Crippen LogP) is 10.2. The molecule has 10 unspecified atom stereocenters. The lowest BCUT2D eigenvalue weighted by molar-refractivity contribution is -0.142. The van der Waals surface area contributed by atoms with Crippen LogP contribution < -0.4 is 20.7 Å². The maximum Gasteiger partial charge on any atom is 0.173 e. The van der Waals surface area contributed by atoms with E-state index in [0.29, 0.717) is 58.2 Å². The first kappa shape index (κ1) is 54.4. The topological polar surface area (TPSA) is 176 Å². The highest BCUT2D eigenvalue weighted by molar-refractivity contribution is 6.06. The number of hydrogen-bond acceptors (Lipinski definition) is 10. The second-order valence-corrected chi connectivity index (χ2v) is 22.7. The minimum absolute atomic E-state index is 0.0139. The van der Waals surface area contributed by atoms with Gasteiger partial charge < -0.3 is 46.1 Å². The van der Waals surface area contributed by atoms with Crippen LogP contribution in [0.5, 0.6) is 11.5 Å². The zero-order valence-corrected chi connectivity index (χ0v) is 45.3. The highest BCUT2D eigenvalue weighted by Gasteiger charge is 2.43. The van der Waals surface area contributed by atoms with E-state index in [0.717, 1.165) is 86.2 Å². The van der Waals surface area contributed by atoms with Crippen LogP contribution in [0.25, 0.3) is 10.8 Å². The number of ketones is 2. The molecule has 0 saturated heterocycles. The first-order valence-electron chi connectivity index (χ1n) is 28.3. The summed E-state index contributed by atoms with van der Waals surface area (Å²) in [6, 6.07) is 37.0. The van der Waals surface area contributed by atoms with Gasteiger partial charge in [0.25, 0.3) is 0 Å². The molecule has 78 heavy (non-hydrogen) atoms. The third-order valence-electron chi connectivity index (χ3n) is 17.1. The summed E-state index contributed by atoms with van der Waals surface area (Å²) in [5, 5.41) is 60.1. The number of aliphatic hydroxyl groups excluding tert-OH is 3. The highest BCUT2D eigenvalue weighted by Crippen LogP contribution is 2.45. The number of aliphatic hydroxyl groups is 3. The van der Waals surface area contributed by atoms with Gasteiger partial charge in [-0.3, -0.25) is 9.59 Å². The number of aromatic nitrogens is 1. The lowest BCUT2D eigenvalue weighted by Crippen LogP contribution is -2.40. The molecule has 406 valence electrons. The van der Waals surface area contributed by atoms with E-state index in [4.69, 9.17) is 4.74 Å². The first-order valence-corrected chi connectivity index (χ1v) is 28.3. The van der Waals surface area contributed by atoms with Gasteiger partial charge in [-0.2, -0.15) is 0 Å². The molecular formula is C67H76N4O7. The molecule has 0 spiro atoms. The van der Waals surface area contributed by atoms with Crippen LogP contribution >= 0.6 is 0 Å². The number of aromatic amines is 1. The Bertz CT molecular complexity index is 3210. The lowest BCUT2D eigenvalue weighted by atomic mass is 9.73. The van der Waals surface area contributed by atoms with Crippen LogP contribution in [-0.2, 0) is 35.3 Å². The number of carbonyl (C=O) groups excluding carboxylic acids is 2. The number of aryl methyl sites for hydroxylation is 1. The molecule has 11 nitrogen and oxygen atoms in total. The number of aromatic hydroxyl groups is 1.